The highest BCUT2D eigenvalue weighted by Gasteiger charge is 2.01. The van der Waals surface area contributed by atoms with Gasteiger partial charge in [-0.2, -0.15) is 5.10 Å². The molecule has 0 aliphatic carbocycles. The van der Waals surface area contributed by atoms with Crippen molar-refractivity contribution in [3.8, 4) is 0 Å². The summed E-state index contributed by atoms with van der Waals surface area (Å²) in [7, 11) is 0. The summed E-state index contributed by atoms with van der Waals surface area (Å²) in [5, 5.41) is 4.53. The third kappa shape index (κ3) is 4.52. The Morgan fingerprint density at radius 3 is 2.58 bits per heavy atom. The summed E-state index contributed by atoms with van der Waals surface area (Å²) in [6.07, 6.45) is 5.17. The molecule has 0 atom stereocenters. The summed E-state index contributed by atoms with van der Waals surface area (Å²) in [6.45, 7) is 0. The van der Waals surface area contributed by atoms with Gasteiger partial charge in [0.05, 0.1) is 12.6 Å². The molecule has 2 aromatic rings. The van der Waals surface area contributed by atoms with Gasteiger partial charge in [0, 0.05) is 17.4 Å². The summed E-state index contributed by atoms with van der Waals surface area (Å²) in [5.41, 5.74) is 4.24. The minimum atomic E-state index is -0.173. The Balaban J connectivity index is 1.85. The number of nitrogens with one attached hydrogen (secondary N) is 1. The number of rotatable bonds is 4. The Hall–Kier alpha value is -2.20. The second-order valence-corrected chi connectivity index (χ2v) is 4.31. The fourth-order valence-electron chi connectivity index (χ4n) is 1.46. The number of aromatic nitrogens is 1. The molecule has 0 saturated heterocycles. The molecule has 1 N–H and O–H groups in total. The van der Waals surface area contributed by atoms with Gasteiger partial charge in [0.25, 0.3) is 0 Å². The van der Waals surface area contributed by atoms with Crippen LogP contribution in [0.4, 0.5) is 0 Å². The molecular formula is C14H12ClN3O. The predicted molar refractivity (Wildman–Crippen MR) is 75.1 cm³/mol. The fraction of sp³-hybridized carbons (Fsp3) is 0.0714. The number of hydrogen-bond donors (Lipinski definition) is 1. The molecule has 0 fully saturated rings. The Morgan fingerprint density at radius 1 is 1.21 bits per heavy atom. The second kappa shape index (κ2) is 6.66. The molecule has 0 saturated carbocycles. The van der Waals surface area contributed by atoms with Crippen LogP contribution >= 0.6 is 11.6 Å². The SMILES string of the molecule is O=C(Cc1ccc(Cl)cc1)NN=Cc1ccncc1. The van der Waals surface area contributed by atoms with E-state index in [1.54, 1.807) is 42.9 Å². The molecule has 5 heteroatoms. The van der Waals surface area contributed by atoms with E-state index < -0.39 is 0 Å². The summed E-state index contributed by atoms with van der Waals surface area (Å²) >= 11 is 5.77. The molecule has 1 aromatic carbocycles. The molecule has 1 amide bonds. The Bertz CT molecular complexity index is 567. The molecule has 4 nitrogen and oxygen atoms in total. The highest BCUT2D eigenvalue weighted by atomic mass is 35.5. The topological polar surface area (TPSA) is 54.4 Å². The van der Waals surface area contributed by atoms with E-state index in [9.17, 15) is 4.79 Å². The maximum absolute atomic E-state index is 11.6. The molecular weight excluding hydrogens is 262 g/mol. The van der Waals surface area contributed by atoms with Gasteiger partial charge in [0.1, 0.15) is 0 Å². The van der Waals surface area contributed by atoms with Crippen molar-refractivity contribution >= 4 is 23.7 Å². The number of halogens is 1. The van der Waals surface area contributed by atoms with Crippen LogP contribution in [-0.4, -0.2) is 17.1 Å². The van der Waals surface area contributed by atoms with Crippen LogP contribution in [0.1, 0.15) is 11.1 Å². The molecule has 0 bridgehead atoms. The lowest BCUT2D eigenvalue weighted by molar-refractivity contribution is -0.120. The summed E-state index contributed by atoms with van der Waals surface area (Å²) in [5.74, 6) is -0.173. The number of amides is 1. The second-order valence-electron chi connectivity index (χ2n) is 3.88. The number of nitrogens with zero attached hydrogens (tertiary/aromatic N) is 2. The lowest BCUT2D eigenvalue weighted by Crippen LogP contribution is -2.19. The van der Waals surface area contributed by atoms with Crippen molar-refractivity contribution in [3.63, 3.8) is 0 Å². The van der Waals surface area contributed by atoms with Crippen LogP contribution < -0.4 is 5.43 Å². The maximum Gasteiger partial charge on any atom is 0.244 e. The first-order chi connectivity index (χ1) is 9.24. The van der Waals surface area contributed by atoms with E-state index in [1.807, 2.05) is 12.1 Å². The fourth-order valence-corrected chi connectivity index (χ4v) is 1.58. The van der Waals surface area contributed by atoms with Gasteiger partial charge < -0.3 is 0 Å². The maximum atomic E-state index is 11.6. The standard InChI is InChI=1S/C14H12ClN3O/c15-13-3-1-11(2-4-13)9-14(19)18-17-10-12-5-7-16-8-6-12/h1-8,10H,9H2,(H,18,19). The van der Waals surface area contributed by atoms with Crippen LogP contribution in [-0.2, 0) is 11.2 Å². The zero-order chi connectivity index (χ0) is 13.5. The first kappa shape index (κ1) is 13.2. The molecule has 0 unspecified atom stereocenters. The van der Waals surface area contributed by atoms with Gasteiger partial charge in [-0.1, -0.05) is 23.7 Å². The Kier molecular flexibility index (Phi) is 4.64. The van der Waals surface area contributed by atoms with Crippen LogP contribution in [0.2, 0.25) is 5.02 Å². The number of pyridine rings is 1. The summed E-state index contributed by atoms with van der Waals surface area (Å²) < 4.78 is 0. The van der Waals surface area contributed by atoms with Gasteiger partial charge in [-0.15, -0.1) is 0 Å². The molecule has 0 spiro atoms. The molecule has 0 aliphatic rings. The van der Waals surface area contributed by atoms with Crippen molar-refractivity contribution < 1.29 is 4.79 Å². The number of hydrogen-bond acceptors (Lipinski definition) is 3. The van der Waals surface area contributed by atoms with Crippen molar-refractivity contribution in [2.24, 2.45) is 5.10 Å². The Morgan fingerprint density at radius 2 is 1.89 bits per heavy atom. The zero-order valence-corrected chi connectivity index (χ0v) is 10.8. The lowest BCUT2D eigenvalue weighted by atomic mass is 10.1. The molecule has 1 aromatic heterocycles. The van der Waals surface area contributed by atoms with Gasteiger partial charge in [-0.3, -0.25) is 9.78 Å². The average molecular weight is 274 g/mol. The lowest BCUT2D eigenvalue weighted by Gasteiger charge is -2.00. The molecule has 0 aliphatic heterocycles. The van der Waals surface area contributed by atoms with E-state index in [1.165, 1.54) is 0 Å². The third-order valence-corrected chi connectivity index (χ3v) is 2.64. The average Bonchev–Trinajstić information content (AvgIpc) is 2.43. The Labute approximate surface area is 116 Å². The first-order valence-electron chi connectivity index (χ1n) is 5.70. The largest absolute Gasteiger partial charge is 0.273 e. The summed E-state index contributed by atoms with van der Waals surface area (Å²) in [4.78, 5) is 15.5. The molecule has 19 heavy (non-hydrogen) atoms. The summed E-state index contributed by atoms with van der Waals surface area (Å²) in [6, 6.07) is 10.7. The van der Waals surface area contributed by atoms with Crippen LogP contribution in [0.3, 0.4) is 0 Å². The zero-order valence-electron chi connectivity index (χ0n) is 10.1. The van der Waals surface area contributed by atoms with Crippen LogP contribution in [0.25, 0.3) is 0 Å². The molecule has 1 heterocycles. The van der Waals surface area contributed by atoms with Gasteiger partial charge in [0.15, 0.2) is 0 Å². The van der Waals surface area contributed by atoms with Crippen molar-refractivity contribution in [1.29, 1.82) is 0 Å². The minimum absolute atomic E-state index is 0.173. The van der Waals surface area contributed by atoms with Gasteiger partial charge in [0.2, 0.25) is 5.91 Å². The van der Waals surface area contributed by atoms with E-state index >= 15 is 0 Å². The highest BCUT2D eigenvalue weighted by Crippen LogP contribution is 2.09. The van der Waals surface area contributed by atoms with Crippen LogP contribution in [0.5, 0.6) is 0 Å². The van der Waals surface area contributed by atoms with E-state index in [0.29, 0.717) is 5.02 Å². The van der Waals surface area contributed by atoms with Gasteiger partial charge >= 0.3 is 0 Å². The van der Waals surface area contributed by atoms with Crippen molar-refractivity contribution in [3.05, 3.63) is 64.9 Å². The molecule has 96 valence electrons. The number of hydrazone groups is 1. The van der Waals surface area contributed by atoms with E-state index in [4.69, 9.17) is 11.6 Å². The number of carbonyl (C=O) groups excluding carboxylic acids is 1. The quantitative estimate of drug-likeness (QED) is 0.687. The number of benzene rings is 1. The van der Waals surface area contributed by atoms with Crippen LogP contribution in [0, 0.1) is 0 Å². The smallest absolute Gasteiger partial charge is 0.244 e. The third-order valence-electron chi connectivity index (χ3n) is 2.39. The van der Waals surface area contributed by atoms with E-state index in [-0.39, 0.29) is 12.3 Å². The molecule has 2 rings (SSSR count). The number of carbonyl (C=O) groups is 1. The minimum Gasteiger partial charge on any atom is -0.273 e. The van der Waals surface area contributed by atoms with E-state index in [0.717, 1.165) is 11.1 Å². The molecule has 0 radical (unpaired) electrons. The van der Waals surface area contributed by atoms with Gasteiger partial charge in [-0.05, 0) is 35.4 Å². The van der Waals surface area contributed by atoms with E-state index in [2.05, 4.69) is 15.5 Å². The van der Waals surface area contributed by atoms with Crippen molar-refractivity contribution in [2.45, 2.75) is 6.42 Å². The monoisotopic (exact) mass is 273 g/mol. The first-order valence-corrected chi connectivity index (χ1v) is 6.08. The van der Waals surface area contributed by atoms with Crippen molar-refractivity contribution in [2.75, 3.05) is 0 Å². The predicted octanol–water partition coefficient (Wildman–Crippen LogP) is 2.43. The van der Waals surface area contributed by atoms with Gasteiger partial charge in [-0.25, -0.2) is 5.43 Å². The normalized spacial score (nSPS) is 10.6. The highest BCUT2D eigenvalue weighted by molar-refractivity contribution is 6.30. The van der Waals surface area contributed by atoms with Crippen LogP contribution in [0.15, 0.2) is 53.9 Å². The van der Waals surface area contributed by atoms with Crippen molar-refractivity contribution in [1.82, 2.24) is 10.4 Å².